The average Bonchev–Trinajstić information content (AvgIpc) is 2.54. The van der Waals surface area contributed by atoms with E-state index in [0.29, 0.717) is 13.1 Å². The van der Waals surface area contributed by atoms with Crippen LogP contribution in [0.1, 0.15) is 11.6 Å². The maximum Gasteiger partial charge on any atom is 0.408 e. The van der Waals surface area contributed by atoms with Gasteiger partial charge >= 0.3 is 6.18 Å². The van der Waals surface area contributed by atoms with Crippen LogP contribution in [0.4, 0.5) is 18.9 Å². The molecule has 1 N–H and O–H groups in total. The summed E-state index contributed by atoms with van der Waals surface area (Å²) in [5.74, 6) is 0.0247. The molecule has 1 aliphatic rings. The van der Waals surface area contributed by atoms with Gasteiger partial charge in [-0.1, -0.05) is 0 Å². The molecule has 1 saturated heterocycles. The Bertz CT molecular complexity index is 604. The predicted molar refractivity (Wildman–Crippen MR) is 79.4 cm³/mol. The summed E-state index contributed by atoms with van der Waals surface area (Å²) in [5.41, 5.74) is -1.10. The molecule has 24 heavy (non-hydrogen) atoms. The van der Waals surface area contributed by atoms with Crippen molar-refractivity contribution >= 4 is 5.69 Å². The molecule has 1 aromatic carbocycles. The van der Waals surface area contributed by atoms with Crippen LogP contribution in [0.15, 0.2) is 12.1 Å². The Morgan fingerprint density at radius 3 is 2.21 bits per heavy atom. The zero-order chi connectivity index (χ0) is 17.9. The summed E-state index contributed by atoms with van der Waals surface area (Å²) in [7, 11) is 2.53. The van der Waals surface area contributed by atoms with Crippen molar-refractivity contribution in [2.75, 3.05) is 40.4 Å². The molecule has 0 spiro atoms. The predicted octanol–water partition coefficient (Wildman–Crippen LogP) is 2.12. The van der Waals surface area contributed by atoms with E-state index >= 15 is 0 Å². The number of nitro benzene ring substituents is 1. The fraction of sp³-hybridized carbons (Fsp3) is 0.571. The van der Waals surface area contributed by atoms with Crippen molar-refractivity contribution in [2.45, 2.75) is 12.2 Å². The van der Waals surface area contributed by atoms with Gasteiger partial charge in [0.05, 0.1) is 30.8 Å². The average molecular weight is 349 g/mol. The third-order valence-corrected chi connectivity index (χ3v) is 3.85. The van der Waals surface area contributed by atoms with E-state index in [9.17, 15) is 23.3 Å². The van der Waals surface area contributed by atoms with Crippen LogP contribution < -0.4 is 14.8 Å². The lowest BCUT2D eigenvalue weighted by atomic mass is 10.0. The van der Waals surface area contributed by atoms with Crippen molar-refractivity contribution in [1.29, 1.82) is 0 Å². The van der Waals surface area contributed by atoms with Crippen molar-refractivity contribution in [3.63, 3.8) is 0 Å². The third kappa shape index (κ3) is 3.70. The number of nitrogens with zero attached hydrogens (tertiary/aromatic N) is 2. The summed E-state index contributed by atoms with van der Waals surface area (Å²) in [6.45, 7) is 1.03. The van der Waals surface area contributed by atoms with Gasteiger partial charge in [0.1, 0.15) is 6.04 Å². The van der Waals surface area contributed by atoms with Gasteiger partial charge in [-0.3, -0.25) is 15.0 Å². The highest BCUT2D eigenvalue weighted by Crippen LogP contribution is 2.45. The Balaban J connectivity index is 2.61. The van der Waals surface area contributed by atoms with Gasteiger partial charge in [0.2, 0.25) is 0 Å². The molecule has 10 heteroatoms. The molecule has 0 aliphatic carbocycles. The number of piperazine rings is 1. The zero-order valence-corrected chi connectivity index (χ0v) is 13.2. The Morgan fingerprint density at radius 1 is 1.21 bits per heavy atom. The fourth-order valence-corrected chi connectivity index (χ4v) is 2.78. The Hall–Kier alpha value is -2.07. The summed E-state index contributed by atoms with van der Waals surface area (Å²) < 4.78 is 51.1. The van der Waals surface area contributed by atoms with Crippen LogP contribution in [-0.2, 0) is 0 Å². The summed E-state index contributed by atoms with van der Waals surface area (Å²) >= 11 is 0. The van der Waals surface area contributed by atoms with Crippen LogP contribution >= 0.6 is 0 Å². The van der Waals surface area contributed by atoms with E-state index < -0.39 is 28.4 Å². The van der Waals surface area contributed by atoms with Crippen LogP contribution in [0.3, 0.4) is 0 Å². The molecular formula is C14H18F3N3O4. The highest BCUT2D eigenvalue weighted by atomic mass is 19.4. The molecule has 0 unspecified atom stereocenters. The minimum absolute atomic E-state index is 0.00850. The van der Waals surface area contributed by atoms with Gasteiger partial charge in [-0.2, -0.15) is 13.2 Å². The van der Waals surface area contributed by atoms with Gasteiger partial charge in [-0.25, -0.2) is 0 Å². The first-order valence-corrected chi connectivity index (χ1v) is 7.21. The van der Waals surface area contributed by atoms with E-state index in [2.05, 4.69) is 5.32 Å². The van der Waals surface area contributed by atoms with Crippen LogP contribution in [0.2, 0.25) is 0 Å². The number of methoxy groups -OCH3 is 2. The molecule has 1 aliphatic heterocycles. The van der Waals surface area contributed by atoms with Crippen molar-refractivity contribution < 1.29 is 27.6 Å². The van der Waals surface area contributed by atoms with Crippen LogP contribution in [0, 0.1) is 10.1 Å². The minimum atomic E-state index is -4.66. The van der Waals surface area contributed by atoms with Gasteiger partial charge in [0.25, 0.3) is 5.69 Å². The molecule has 0 bridgehead atoms. The first-order chi connectivity index (χ1) is 11.3. The normalized spacial score (nSPS) is 17.4. The molecule has 0 amide bonds. The standard InChI is InChI=1S/C14H18F3N3O4/c1-23-11-7-9(10(20(21)22)8-12(11)24-2)13(14(15,16)17)19-5-3-18-4-6-19/h7-8,13,18H,3-6H2,1-2H3/t13-/m0/s1. The van der Waals surface area contributed by atoms with E-state index in [1.807, 2.05) is 0 Å². The van der Waals surface area contributed by atoms with Crippen molar-refractivity contribution in [3.8, 4) is 11.5 Å². The quantitative estimate of drug-likeness (QED) is 0.648. The van der Waals surface area contributed by atoms with Gasteiger partial charge in [0.15, 0.2) is 11.5 Å². The Morgan fingerprint density at radius 2 is 1.75 bits per heavy atom. The van der Waals surface area contributed by atoms with E-state index in [1.165, 1.54) is 19.1 Å². The highest BCUT2D eigenvalue weighted by Gasteiger charge is 2.48. The molecule has 7 nitrogen and oxygen atoms in total. The molecule has 1 atom stereocenters. The van der Waals surface area contributed by atoms with E-state index in [0.717, 1.165) is 12.1 Å². The second-order valence-electron chi connectivity index (χ2n) is 5.25. The maximum atomic E-state index is 13.7. The molecule has 2 rings (SSSR count). The largest absolute Gasteiger partial charge is 0.493 e. The van der Waals surface area contributed by atoms with Crippen LogP contribution in [0.25, 0.3) is 0 Å². The Kier molecular flexibility index (Phi) is 5.50. The monoisotopic (exact) mass is 349 g/mol. The molecule has 0 radical (unpaired) electrons. The van der Waals surface area contributed by atoms with Crippen molar-refractivity contribution in [2.24, 2.45) is 0 Å². The number of nitro groups is 1. The zero-order valence-electron chi connectivity index (χ0n) is 13.2. The maximum absolute atomic E-state index is 13.7. The van der Waals surface area contributed by atoms with Gasteiger partial charge in [-0.15, -0.1) is 0 Å². The van der Waals surface area contributed by atoms with E-state index in [-0.39, 0.29) is 24.6 Å². The van der Waals surface area contributed by atoms with E-state index in [4.69, 9.17) is 9.47 Å². The molecule has 0 aromatic heterocycles. The van der Waals surface area contributed by atoms with Gasteiger partial charge < -0.3 is 14.8 Å². The van der Waals surface area contributed by atoms with Gasteiger partial charge in [0, 0.05) is 26.2 Å². The molecule has 0 saturated carbocycles. The smallest absolute Gasteiger partial charge is 0.408 e. The van der Waals surface area contributed by atoms with Crippen molar-refractivity contribution in [3.05, 3.63) is 27.8 Å². The van der Waals surface area contributed by atoms with Crippen molar-refractivity contribution in [1.82, 2.24) is 10.2 Å². The number of alkyl halides is 3. The highest BCUT2D eigenvalue weighted by molar-refractivity contribution is 5.55. The SMILES string of the molecule is COc1cc([C@H](N2CCNCC2)C(F)(F)F)c([N+](=O)[O-])cc1OC. The molecular weight excluding hydrogens is 331 g/mol. The number of halogens is 3. The second kappa shape index (κ2) is 7.22. The minimum Gasteiger partial charge on any atom is -0.493 e. The van der Waals surface area contributed by atoms with Crippen LogP contribution in [0.5, 0.6) is 11.5 Å². The third-order valence-electron chi connectivity index (χ3n) is 3.85. The van der Waals surface area contributed by atoms with E-state index in [1.54, 1.807) is 0 Å². The number of ether oxygens (including phenoxy) is 2. The summed E-state index contributed by atoms with van der Waals surface area (Å²) in [4.78, 5) is 11.7. The van der Waals surface area contributed by atoms with Crippen LogP contribution in [-0.4, -0.2) is 56.4 Å². The molecule has 134 valence electrons. The number of hydrogen-bond acceptors (Lipinski definition) is 6. The lowest BCUT2D eigenvalue weighted by molar-refractivity contribution is -0.386. The summed E-state index contributed by atoms with van der Waals surface area (Å²) in [5, 5.41) is 14.3. The lowest BCUT2D eigenvalue weighted by Crippen LogP contribution is -2.49. The molecule has 1 aromatic rings. The topological polar surface area (TPSA) is 76.9 Å². The first-order valence-electron chi connectivity index (χ1n) is 7.21. The number of nitrogens with one attached hydrogen (secondary N) is 1. The second-order valence-corrected chi connectivity index (χ2v) is 5.25. The summed E-state index contributed by atoms with van der Waals surface area (Å²) in [6, 6.07) is -0.0773. The molecule has 1 fully saturated rings. The fourth-order valence-electron chi connectivity index (χ4n) is 2.78. The number of benzene rings is 1. The number of hydrogen-bond donors (Lipinski definition) is 1. The lowest BCUT2D eigenvalue weighted by Gasteiger charge is -2.36. The Labute approximate surface area is 136 Å². The number of rotatable bonds is 5. The summed E-state index contributed by atoms with van der Waals surface area (Å²) in [6.07, 6.45) is -4.66. The molecule has 1 heterocycles. The van der Waals surface area contributed by atoms with Gasteiger partial charge in [-0.05, 0) is 6.07 Å². The first kappa shape index (κ1) is 18.3.